The summed E-state index contributed by atoms with van der Waals surface area (Å²) in [7, 11) is 0. The second-order valence-electron chi connectivity index (χ2n) is 5.15. The Hall–Kier alpha value is -1.90. The number of nitrogens with one attached hydrogen (secondary N) is 1. The number of nitrogens with zero attached hydrogens (tertiary/aromatic N) is 4. The van der Waals surface area contributed by atoms with Gasteiger partial charge in [-0.2, -0.15) is 0 Å². The zero-order valence-corrected chi connectivity index (χ0v) is 14.0. The van der Waals surface area contributed by atoms with E-state index in [1.807, 2.05) is 25.3 Å². The molecule has 3 aromatic rings. The highest BCUT2D eigenvalue weighted by Gasteiger charge is 2.33. The van der Waals surface area contributed by atoms with Gasteiger partial charge in [0.1, 0.15) is 5.01 Å². The molecule has 0 aromatic carbocycles. The Morgan fingerprint density at radius 1 is 1.18 bits per heavy atom. The monoisotopic (exact) mass is 333 g/mol. The van der Waals surface area contributed by atoms with Crippen molar-refractivity contribution in [1.29, 1.82) is 0 Å². The molecule has 22 heavy (non-hydrogen) atoms. The summed E-state index contributed by atoms with van der Waals surface area (Å²) in [6, 6.07) is 1.97. The van der Waals surface area contributed by atoms with Gasteiger partial charge in [-0.15, -0.1) is 21.5 Å². The highest BCUT2D eigenvalue weighted by Crippen LogP contribution is 2.35. The van der Waals surface area contributed by atoms with Crippen LogP contribution in [0.15, 0.2) is 23.8 Å². The van der Waals surface area contributed by atoms with E-state index in [4.69, 9.17) is 0 Å². The van der Waals surface area contributed by atoms with Crippen LogP contribution in [0.2, 0.25) is 0 Å². The van der Waals surface area contributed by atoms with E-state index in [-0.39, 0.29) is 0 Å². The smallest absolute Gasteiger partial charge is 0.210 e. The fourth-order valence-corrected chi connectivity index (χ4v) is 3.62. The SMILES string of the molecule is Cc1cncc(Nc2nnc(C(C)(O)c3nc(C)cs3)s2)c1. The van der Waals surface area contributed by atoms with Gasteiger partial charge in [0.2, 0.25) is 5.13 Å². The molecule has 3 heterocycles. The van der Waals surface area contributed by atoms with E-state index in [1.54, 1.807) is 19.3 Å². The van der Waals surface area contributed by atoms with Crippen LogP contribution < -0.4 is 5.32 Å². The van der Waals surface area contributed by atoms with Crippen molar-refractivity contribution < 1.29 is 5.11 Å². The molecule has 1 atom stereocenters. The van der Waals surface area contributed by atoms with Gasteiger partial charge < -0.3 is 10.4 Å². The summed E-state index contributed by atoms with van der Waals surface area (Å²) in [5.74, 6) is 0. The van der Waals surface area contributed by atoms with Gasteiger partial charge in [0.25, 0.3) is 0 Å². The van der Waals surface area contributed by atoms with Crippen LogP contribution in [-0.2, 0) is 5.60 Å². The maximum absolute atomic E-state index is 10.7. The Morgan fingerprint density at radius 3 is 2.68 bits per heavy atom. The molecule has 0 saturated heterocycles. The van der Waals surface area contributed by atoms with Crippen molar-refractivity contribution in [1.82, 2.24) is 20.2 Å². The number of aryl methyl sites for hydroxylation is 2. The summed E-state index contributed by atoms with van der Waals surface area (Å²) in [5.41, 5.74) is 1.54. The molecule has 0 saturated carbocycles. The van der Waals surface area contributed by atoms with Crippen molar-refractivity contribution in [3.8, 4) is 0 Å². The first kappa shape index (κ1) is 15.0. The molecule has 3 aromatic heterocycles. The second-order valence-corrected chi connectivity index (χ2v) is 6.99. The molecule has 8 heteroatoms. The minimum absolute atomic E-state index is 0.505. The highest BCUT2D eigenvalue weighted by atomic mass is 32.1. The fraction of sp³-hybridized carbons (Fsp3) is 0.286. The van der Waals surface area contributed by atoms with Crippen LogP contribution in [0, 0.1) is 13.8 Å². The molecular formula is C14H15N5OS2. The summed E-state index contributed by atoms with van der Waals surface area (Å²) >= 11 is 2.71. The van der Waals surface area contributed by atoms with Crippen LogP contribution in [-0.4, -0.2) is 25.3 Å². The van der Waals surface area contributed by atoms with Crippen molar-refractivity contribution >= 4 is 33.5 Å². The number of aromatic nitrogens is 4. The number of anilines is 2. The number of thiazole rings is 1. The second kappa shape index (κ2) is 5.71. The van der Waals surface area contributed by atoms with Gasteiger partial charge in [-0.3, -0.25) is 4.98 Å². The van der Waals surface area contributed by atoms with Crippen LogP contribution in [0.25, 0.3) is 0 Å². The molecule has 0 bridgehead atoms. The molecule has 0 aliphatic carbocycles. The van der Waals surface area contributed by atoms with Gasteiger partial charge in [0, 0.05) is 17.3 Å². The Bertz CT molecular complexity index is 796. The zero-order chi connectivity index (χ0) is 15.7. The Kier molecular flexibility index (Phi) is 3.90. The number of aliphatic hydroxyl groups is 1. The van der Waals surface area contributed by atoms with E-state index in [9.17, 15) is 5.11 Å². The number of rotatable bonds is 4. The third-order valence-electron chi connectivity index (χ3n) is 3.00. The van der Waals surface area contributed by atoms with Crippen molar-refractivity contribution in [2.75, 3.05) is 5.32 Å². The quantitative estimate of drug-likeness (QED) is 0.763. The average molecular weight is 333 g/mol. The predicted molar refractivity (Wildman–Crippen MR) is 87.7 cm³/mol. The molecule has 0 aliphatic rings. The Labute approximate surface area is 135 Å². The summed E-state index contributed by atoms with van der Waals surface area (Å²) in [4.78, 5) is 8.46. The molecule has 1 unspecified atom stereocenters. The maximum Gasteiger partial charge on any atom is 0.210 e. The lowest BCUT2D eigenvalue weighted by Gasteiger charge is -2.16. The third-order valence-corrected chi connectivity index (χ3v) is 5.22. The molecule has 0 amide bonds. The molecular weight excluding hydrogens is 318 g/mol. The van der Waals surface area contributed by atoms with Crippen LogP contribution in [0.3, 0.4) is 0 Å². The highest BCUT2D eigenvalue weighted by molar-refractivity contribution is 7.15. The molecule has 3 rings (SSSR count). The first-order valence-electron chi connectivity index (χ1n) is 6.63. The lowest BCUT2D eigenvalue weighted by Crippen LogP contribution is -2.22. The van der Waals surface area contributed by atoms with Crippen LogP contribution >= 0.6 is 22.7 Å². The average Bonchev–Trinajstić information content (AvgIpc) is 3.08. The summed E-state index contributed by atoms with van der Waals surface area (Å²) in [6.07, 6.45) is 3.50. The van der Waals surface area contributed by atoms with E-state index >= 15 is 0 Å². The molecule has 114 valence electrons. The van der Waals surface area contributed by atoms with E-state index < -0.39 is 5.60 Å². The van der Waals surface area contributed by atoms with E-state index in [0.717, 1.165) is 16.9 Å². The molecule has 0 spiro atoms. The van der Waals surface area contributed by atoms with Crippen molar-refractivity contribution in [3.05, 3.63) is 45.1 Å². The van der Waals surface area contributed by atoms with Gasteiger partial charge in [-0.05, 0) is 32.4 Å². The van der Waals surface area contributed by atoms with Gasteiger partial charge in [-0.25, -0.2) is 4.98 Å². The lowest BCUT2D eigenvalue weighted by molar-refractivity contribution is 0.101. The maximum atomic E-state index is 10.7. The van der Waals surface area contributed by atoms with Gasteiger partial charge in [0.05, 0.1) is 11.9 Å². The lowest BCUT2D eigenvalue weighted by atomic mass is 10.1. The van der Waals surface area contributed by atoms with E-state index in [2.05, 4.69) is 25.5 Å². The standard InChI is InChI=1S/C14H15N5OS2/c1-8-4-10(6-15-5-8)17-13-19-18-12(22-13)14(3,20)11-16-9(2)7-21-11/h4-7,20H,1-3H3,(H,17,19). The van der Waals surface area contributed by atoms with Crippen LogP contribution in [0.5, 0.6) is 0 Å². The summed E-state index contributed by atoms with van der Waals surface area (Å²) in [5, 5.41) is 25.7. The number of hydrogen-bond acceptors (Lipinski definition) is 8. The normalized spacial score (nSPS) is 13.8. The number of hydrogen-bond donors (Lipinski definition) is 2. The largest absolute Gasteiger partial charge is 0.376 e. The first-order valence-corrected chi connectivity index (χ1v) is 8.32. The molecule has 6 nitrogen and oxygen atoms in total. The van der Waals surface area contributed by atoms with E-state index in [1.165, 1.54) is 22.7 Å². The van der Waals surface area contributed by atoms with Gasteiger partial charge in [0.15, 0.2) is 10.6 Å². The van der Waals surface area contributed by atoms with Crippen molar-refractivity contribution in [2.24, 2.45) is 0 Å². The first-order chi connectivity index (χ1) is 10.4. The van der Waals surface area contributed by atoms with Crippen molar-refractivity contribution in [2.45, 2.75) is 26.4 Å². The third kappa shape index (κ3) is 2.99. The minimum Gasteiger partial charge on any atom is -0.376 e. The molecule has 0 fully saturated rings. The van der Waals surface area contributed by atoms with Crippen LogP contribution in [0.4, 0.5) is 10.8 Å². The van der Waals surface area contributed by atoms with Gasteiger partial charge in [-0.1, -0.05) is 11.3 Å². The topological polar surface area (TPSA) is 83.8 Å². The van der Waals surface area contributed by atoms with Gasteiger partial charge >= 0.3 is 0 Å². The summed E-state index contributed by atoms with van der Waals surface area (Å²) < 4.78 is 0. The molecule has 0 aliphatic heterocycles. The predicted octanol–water partition coefficient (Wildman–Crippen LogP) is 3.01. The number of pyridine rings is 1. The van der Waals surface area contributed by atoms with Crippen LogP contribution in [0.1, 0.15) is 28.2 Å². The fourth-order valence-electron chi connectivity index (χ4n) is 1.89. The Morgan fingerprint density at radius 2 is 2.00 bits per heavy atom. The zero-order valence-electron chi connectivity index (χ0n) is 12.4. The van der Waals surface area contributed by atoms with Crippen molar-refractivity contribution in [3.63, 3.8) is 0 Å². The minimum atomic E-state index is -1.23. The molecule has 0 radical (unpaired) electrons. The summed E-state index contributed by atoms with van der Waals surface area (Å²) in [6.45, 7) is 5.55. The van der Waals surface area contributed by atoms with E-state index in [0.29, 0.717) is 15.1 Å². The Balaban J connectivity index is 1.84. The molecule has 2 N–H and O–H groups in total.